The number of nitrogens with zero attached hydrogens (tertiary/aromatic N) is 6. The minimum Gasteiger partial charge on any atom is -0.497 e. The second-order valence-corrected chi connectivity index (χ2v) is 8.48. The van der Waals surface area contributed by atoms with Gasteiger partial charge in [0.2, 0.25) is 0 Å². The van der Waals surface area contributed by atoms with Crippen molar-refractivity contribution in [2.45, 2.75) is 18.6 Å². The summed E-state index contributed by atoms with van der Waals surface area (Å²) in [5.74, 6) is -1.63. The maximum atomic E-state index is 13.6. The standard InChI is InChI=1S/C27H20F3N7O2/c1-39-21-7-5-19(6-8-21)37(26(38)27(28,29)30)20-4-2-3-17(13-20)23(9-11-31)36-15-18(14-35-36)24-22-10-12-32-25(22)34-16-33-24/h2-8,10,12-16,23H,9H2,1H3,(H,32,33,34). The average Bonchev–Trinajstić information content (AvgIpc) is 3.62. The molecule has 5 rings (SSSR count). The number of nitrogens with one attached hydrogen (secondary N) is 1. The number of nitriles is 1. The lowest BCUT2D eigenvalue weighted by atomic mass is 10.0. The van der Waals surface area contributed by atoms with Gasteiger partial charge in [0.25, 0.3) is 0 Å². The van der Waals surface area contributed by atoms with Gasteiger partial charge in [0, 0.05) is 34.7 Å². The number of benzene rings is 2. The molecule has 2 aromatic carbocycles. The molecule has 1 N–H and O–H groups in total. The lowest BCUT2D eigenvalue weighted by molar-refractivity contribution is -0.169. The first-order valence-corrected chi connectivity index (χ1v) is 11.6. The van der Waals surface area contributed by atoms with Crippen LogP contribution in [0.2, 0.25) is 0 Å². The van der Waals surface area contributed by atoms with Crippen LogP contribution < -0.4 is 9.64 Å². The van der Waals surface area contributed by atoms with E-state index in [1.807, 2.05) is 6.07 Å². The molecule has 9 nitrogen and oxygen atoms in total. The summed E-state index contributed by atoms with van der Waals surface area (Å²) in [5.41, 5.74) is 2.45. The summed E-state index contributed by atoms with van der Waals surface area (Å²) < 4.78 is 47.5. The van der Waals surface area contributed by atoms with Gasteiger partial charge in [-0.05, 0) is 48.0 Å². The third-order valence-electron chi connectivity index (χ3n) is 6.12. The molecule has 12 heteroatoms. The molecule has 1 amide bonds. The molecule has 1 unspecified atom stereocenters. The van der Waals surface area contributed by atoms with Crippen LogP contribution >= 0.6 is 0 Å². The monoisotopic (exact) mass is 531 g/mol. The van der Waals surface area contributed by atoms with Crippen LogP contribution in [0.3, 0.4) is 0 Å². The van der Waals surface area contributed by atoms with Gasteiger partial charge in [-0.2, -0.15) is 23.5 Å². The molecule has 0 aliphatic rings. The summed E-state index contributed by atoms with van der Waals surface area (Å²) in [6.45, 7) is 0. The Kier molecular flexibility index (Phi) is 6.72. The number of ether oxygens (including phenoxy) is 1. The summed E-state index contributed by atoms with van der Waals surface area (Å²) in [6, 6.07) is 15.0. The van der Waals surface area contributed by atoms with Crippen molar-refractivity contribution in [2.24, 2.45) is 0 Å². The maximum absolute atomic E-state index is 13.6. The lowest BCUT2D eigenvalue weighted by Gasteiger charge is -2.25. The van der Waals surface area contributed by atoms with E-state index in [4.69, 9.17) is 4.74 Å². The molecular formula is C27H20F3N7O2. The van der Waals surface area contributed by atoms with Crippen molar-refractivity contribution in [2.75, 3.05) is 12.0 Å². The smallest absolute Gasteiger partial charge is 0.472 e. The van der Waals surface area contributed by atoms with Crippen LogP contribution in [0.4, 0.5) is 24.5 Å². The van der Waals surface area contributed by atoms with Gasteiger partial charge in [-0.15, -0.1) is 0 Å². The Bertz CT molecular complexity index is 1670. The number of hydrogen-bond donors (Lipinski definition) is 1. The summed E-state index contributed by atoms with van der Waals surface area (Å²) in [5, 5.41) is 14.8. The highest BCUT2D eigenvalue weighted by Gasteiger charge is 2.44. The number of rotatable bonds is 7. The molecule has 3 heterocycles. The third kappa shape index (κ3) is 5.02. The van der Waals surface area contributed by atoms with Crippen LogP contribution in [-0.4, -0.2) is 43.9 Å². The Labute approximate surface area is 220 Å². The van der Waals surface area contributed by atoms with Gasteiger partial charge < -0.3 is 9.72 Å². The Balaban J connectivity index is 1.55. The van der Waals surface area contributed by atoms with Crippen LogP contribution in [0.5, 0.6) is 5.75 Å². The molecule has 196 valence electrons. The molecule has 0 bridgehead atoms. The minimum atomic E-state index is -5.13. The highest BCUT2D eigenvalue weighted by atomic mass is 19.4. The number of H-pyrrole nitrogens is 1. The third-order valence-corrected chi connectivity index (χ3v) is 6.12. The van der Waals surface area contributed by atoms with Gasteiger partial charge in [-0.1, -0.05) is 12.1 Å². The number of hydrogen-bond acceptors (Lipinski definition) is 6. The van der Waals surface area contributed by atoms with Crippen molar-refractivity contribution < 1.29 is 22.7 Å². The number of aromatic amines is 1. The van der Waals surface area contributed by atoms with Crippen molar-refractivity contribution in [3.05, 3.63) is 85.1 Å². The van der Waals surface area contributed by atoms with E-state index in [0.717, 1.165) is 5.39 Å². The van der Waals surface area contributed by atoms with Gasteiger partial charge in [-0.3, -0.25) is 14.4 Å². The number of halogens is 3. The number of methoxy groups -OCH3 is 1. The first-order chi connectivity index (χ1) is 18.8. The van der Waals surface area contributed by atoms with Gasteiger partial charge in [0.05, 0.1) is 37.5 Å². The molecule has 3 aromatic heterocycles. The SMILES string of the molecule is COc1ccc(N(C(=O)C(F)(F)F)c2cccc(C(CC#N)n3cc(-c4ncnc5[nH]ccc45)cn3)c2)cc1. The summed E-state index contributed by atoms with van der Waals surface area (Å²) in [7, 11) is 1.43. The Morgan fingerprint density at radius 1 is 1.15 bits per heavy atom. The second kappa shape index (κ2) is 10.3. The van der Waals surface area contributed by atoms with E-state index in [0.29, 0.717) is 33.1 Å². The topological polar surface area (TPSA) is 113 Å². The molecule has 0 aliphatic carbocycles. The quantitative estimate of drug-likeness (QED) is 0.294. The first kappa shape index (κ1) is 25.5. The van der Waals surface area contributed by atoms with Gasteiger partial charge in [-0.25, -0.2) is 9.97 Å². The van der Waals surface area contributed by atoms with Crippen LogP contribution in [0.1, 0.15) is 18.0 Å². The van der Waals surface area contributed by atoms with Crippen LogP contribution in [0.25, 0.3) is 22.3 Å². The fourth-order valence-corrected chi connectivity index (χ4v) is 4.30. The minimum absolute atomic E-state index is 0.00719. The second-order valence-electron chi connectivity index (χ2n) is 8.48. The number of alkyl halides is 3. The molecule has 0 aliphatic heterocycles. The Morgan fingerprint density at radius 2 is 1.95 bits per heavy atom. The number of carbonyl (C=O) groups excluding carboxylic acids is 1. The van der Waals surface area contributed by atoms with Gasteiger partial charge >= 0.3 is 12.1 Å². The molecule has 0 spiro atoms. The molecule has 5 aromatic rings. The molecule has 0 saturated heterocycles. The predicted octanol–water partition coefficient (Wildman–Crippen LogP) is 5.56. The predicted molar refractivity (Wildman–Crippen MR) is 136 cm³/mol. The van der Waals surface area contributed by atoms with E-state index in [2.05, 4.69) is 26.1 Å². The first-order valence-electron chi connectivity index (χ1n) is 11.6. The highest BCUT2D eigenvalue weighted by Crippen LogP contribution is 2.35. The largest absolute Gasteiger partial charge is 0.497 e. The zero-order valence-electron chi connectivity index (χ0n) is 20.4. The van der Waals surface area contributed by atoms with Crippen molar-refractivity contribution >= 4 is 28.3 Å². The Hall–Kier alpha value is -5.18. The normalized spacial score (nSPS) is 12.2. The van der Waals surface area contributed by atoms with E-state index in [1.54, 1.807) is 29.3 Å². The van der Waals surface area contributed by atoms with E-state index in [1.165, 1.54) is 55.9 Å². The molecular weight excluding hydrogens is 511 g/mol. The van der Waals surface area contributed by atoms with Crippen molar-refractivity contribution in [3.63, 3.8) is 0 Å². The van der Waals surface area contributed by atoms with Crippen molar-refractivity contribution in [3.8, 4) is 23.1 Å². The van der Waals surface area contributed by atoms with E-state index < -0.39 is 18.1 Å². The number of aromatic nitrogens is 5. The summed E-state index contributed by atoms with van der Waals surface area (Å²) in [4.78, 5) is 24.7. The van der Waals surface area contributed by atoms with E-state index in [9.17, 15) is 23.2 Å². The van der Waals surface area contributed by atoms with Gasteiger partial charge in [0.1, 0.15) is 17.7 Å². The number of fused-ring (bicyclic) bond motifs is 1. The van der Waals surface area contributed by atoms with Crippen LogP contribution in [-0.2, 0) is 4.79 Å². The fourth-order valence-electron chi connectivity index (χ4n) is 4.30. The van der Waals surface area contributed by atoms with E-state index >= 15 is 0 Å². The highest BCUT2D eigenvalue weighted by molar-refractivity contribution is 6.03. The maximum Gasteiger partial charge on any atom is 0.472 e. The van der Waals surface area contributed by atoms with Crippen molar-refractivity contribution in [1.82, 2.24) is 24.7 Å². The summed E-state index contributed by atoms with van der Waals surface area (Å²) in [6.07, 6.45) is 1.33. The molecule has 0 radical (unpaired) electrons. The number of amides is 1. The number of carbonyl (C=O) groups is 1. The Morgan fingerprint density at radius 3 is 2.67 bits per heavy atom. The van der Waals surface area contributed by atoms with E-state index in [-0.39, 0.29) is 17.8 Å². The zero-order chi connectivity index (χ0) is 27.6. The molecule has 39 heavy (non-hydrogen) atoms. The van der Waals surface area contributed by atoms with Crippen molar-refractivity contribution in [1.29, 1.82) is 5.26 Å². The molecule has 1 atom stereocenters. The fraction of sp³-hybridized carbons (Fsp3) is 0.148. The summed E-state index contributed by atoms with van der Waals surface area (Å²) >= 11 is 0. The lowest BCUT2D eigenvalue weighted by Crippen LogP contribution is -2.38. The molecule has 0 saturated carbocycles. The molecule has 0 fully saturated rings. The van der Waals surface area contributed by atoms with Crippen LogP contribution in [0, 0.1) is 11.3 Å². The number of anilines is 2. The van der Waals surface area contributed by atoms with Crippen LogP contribution in [0.15, 0.2) is 79.5 Å². The zero-order valence-corrected chi connectivity index (χ0v) is 20.4. The average molecular weight is 531 g/mol. The van der Waals surface area contributed by atoms with Gasteiger partial charge in [0.15, 0.2) is 0 Å².